The van der Waals surface area contributed by atoms with Gasteiger partial charge in [0.2, 0.25) is 16.0 Å². The molecule has 13 nitrogen and oxygen atoms in total. The number of para-hydroxylation sites is 1. The van der Waals surface area contributed by atoms with Gasteiger partial charge in [-0.05, 0) is 50.1 Å². The van der Waals surface area contributed by atoms with Crippen molar-refractivity contribution < 1.29 is 17.9 Å². The zero-order chi connectivity index (χ0) is 30.6. The van der Waals surface area contributed by atoms with Gasteiger partial charge in [-0.15, -0.1) is 10.2 Å². The van der Waals surface area contributed by atoms with E-state index in [4.69, 9.17) is 9.47 Å². The van der Waals surface area contributed by atoms with Crippen LogP contribution in [0.3, 0.4) is 0 Å². The molecule has 5 rings (SSSR count). The van der Waals surface area contributed by atoms with E-state index < -0.39 is 15.3 Å². The molecule has 0 aliphatic heterocycles. The third-order valence-corrected chi connectivity index (χ3v) is 8.56. The summed E-state index contributed by atoms with van der Waals surface area (Å²) in [6.07, 6.45) is 8.56. The fourth-order valence-corrected chi connectivity index (χ4v) is 5.89. The van der Waals surface area contributed by atoms with Gasteiger partial charge in [0.1, 0.15) is 23.0 Å². The summed E-state index contributed by atoms with van der Waals surface area (Å²) in [5.41, 5.74) is 3.41. The number of ether oxygens (including phenoxy) is 2. The molecule has 0 bridgehead atoms. The van der Waals surface area contributed by atoms with E-state index in [0.29, 0.717) is 52.2 Å². The number of nitrogens with zero attached hydrogens (tertiary/aromatic N) is 8. The minimum absolute atomic E-state index is 0.0365. The minimum Gasteiger partial charge on any atom is -0.494 e. The highest BCUT2D eigenvalue weighted by molar-refractivity contribution is 7.93. The second-order valence-electron chi connectivity index (χ2n) is 9.74. The van der Waals surface area contributed by atoms with Gasteiger partial charge in [0.05, 0.1) is 25.0 Å². The maximum absolute atomic E-state index is 13.8. The van der Waals surface area contributed by atoms with Crippen LogP contribution in [0.2, 0.25) is 0 Å². The molecule has 0 fully saturated rings. The fraction of sp³-hybridized carbons (Fsp3) is 0.276. The summed E-state index contributed by atoms with van der Waals surface area (Å²) in [6.45, 7) is 5.56. The molecule has 4 heterocycles. The highest BCUT2D eigenvalue weighted by Gasteiger charge is 2.30. The van der Waals surface area contributed by atoms with Crippen molar-refractivity contribution in [3.8, 4) is 40.0 Å². The van der Waals surface area contributed by atoms with Crippen LogP contribution in [0.15, 0.2) is 61.3 Å². The third-order valence-electron chi connectivity index (χ3n) is 6.72. The molecular weight excluding hydrogens is 570 g/mol. The van der Waals surface area contributed by atoms with Crippen molar-refractivity contribution in [3.63, 3.8) is 0 Å². The summed E-state index contributed by atoms with van der Waals surface area (Å²) in [4.78, 5) is 21.7. The van der Waals surface area contributed by atoms with Crippen LogP contribution in [0.25, 0.3) is 28.5 Å². The maximum Gasteiger partial charge on any atom is 0.243 e. The van der Waals surface area contributed by atoms with Crippen molar-refractivity contribution in [2.45, 2.75) is 38.9 Å². The summed E-state index contributed by atoms with van der Waals surface area (Å²) < 4.78 is 43.1. The molecule has 0 aliphatic carbocycles. The van der Waals surface area contributed by atoms with Crippen LogP contribution in [0.4, 0.5) is 5.95 Å². The molecule has 222 valence electrons. The molecule has 5 aromatic rings. The number of anilines is 1. The molecule has 43 heavy (non-hydrogen) atoms. The van der Waals surface area contributed by atoms with Gasteiger partial charge in [-0.3, -0.25) is 14.3 Å². The quantitative estimate of drug-likeness (QED) is 0.233. The van der Waals surface area contributed by atoms with Crippen molar-refractivity contribution in [2.24, 2.45) is 0 Å². The van der Waals surface area contributed by atoms with E-state index in [9.17, 15) is 8.42 Å². The fourth-order valence-electron chi connectivity index (χ4n) is 4.53. The van der Waals surface area contributed by atoms with E-state index >= 15 is 0 Å². The zero-order valence-corrected chi connectivity index (χ0v) is 25.2. The van der Waals surface area contributed by atoms with E-state index in [2.05, 4.69) is 39.8 Å². The van der Waals surface area contributed by atoms with E-state index in [1.54, 1.807) is 66.7 Å². The number of methoxy groups -OCH3 is 2. The molecule has 14 heteroatoms. The average molecular weight is 602 g/mol. The first kappa shape index (κ1) is 29.5. The lowest BCUT2D eigenvalue weighted by Crippen LogP contribution is -2.31. The van der Waals surface area contributed by atoms with E-state index in [1.807, 2.05) is 19.9 Å². The number of hydrogen-bond acceptors (Lipinski definition) is 11. The van der Waals surface area contributed by atoms with Crippen LogP contribution in [0, 0.1) is 13.8 Å². The molecule has 0 aliphatic rings. The maximum atomic E-state index is 13.8. The smallest absolute Gasteiger partial charge is 0.243 e. The Bertz CT molecular complexity index is 1820. The Morgan fingerprint density at radius 1 is 0.930 bits per heavy atom. The molecule has 4 aromatic heterocycles. The first-order valence-electron chi connectivity index (χ1n) is 13.5. The van der Waals surface area contributed by atoms with Gasteiger partial charge in [-0.1, -0.05) is 13.0 Å². The molecule has 0 amide bonds. The molecule has 1 aromatic carbocycles. The molecule has 1 N–H and O–H groups in total. The minimum atomic E-state index is -4.01. The first-order chi connectivity index (χ1) is 20.7. The Labute approximate surface area is 249 Å². The van der Waals surface area contributed by atoms with Gasteiger partial charge < -0.3 is 9.47 Å². The van der Waals surface area contributed by atoms with Crippen LogP contribution in [0.5, 0.6) is 11.5 Å². The van der Waals surface area contributed by atoms with Crippen molar-refractivity contribution >= 4 is 16.0 Å². The second kappa shape index (κ2) is 12.5. The van der Waals surface area contributed by atoms with E-state index in [0.717, 1.165) is 11.3 Å². The molecular formula is C29H31N9O4S. The van der Waals surface area contributed by atoms with Crippen LogP contribution in [-0.2, 0) is 16.4 Å². The number of sulfonamides is 1. The van der Waals surface area contributed by atoms with Crippen LogP contribution in [-0.4, -0.2) is 67.6 Å². The van der Waals surface area contributed by atoms with Crippen molar-refractivity contribution in [3.05, 3.63) is 78.4 Å². The number of nitrogens with one attached hydrogen (secondary N) is 1. The number of benzene rings is 1. The number of hydrogen-bond donors (Lipinski definition) is 1. The summed E-state index contributed by atoms with van der Waals surface area (Å²) in [5.74, 6) is 2.04. The van der Waals surface area contributed by atoms with Gasteiger partial charge in [-0.2, -0.15) is 0 Å². The van der Waals surface area contributed by atoms with E-state index in [1.165, 1.54) is 14.2 Å². The summed E-state index contributed by atoms with van der Waals surface area (Å²) in [6, 6.07) is 8.93. The first-order valence-corrected chi connectivity index (χ1v) is 15.0. The van der Waals surface area contributed by atoms with Crippen LogP contribution < -0.4 is 14.2 Å². The largest absolute Gasteiger partial charge is 0.494 e. The number of aromatic nitrogens is 8. The monoisotopic (exact) mass is 601 g/mol. The van der Waals surface area contributed by atoms with Crippen LogP contribution in [0.1, 0.15) is 30.4 Å². The molecule has 0 saturated carbocycles. The van der Waals surface area contributed by atoms with Crippen LogP contribution >= 0.6 is 0 Å². The lowest BCUT2D eigenvalue weighted by atomic mass is 10.2. The van der Waals surface area contributed by atoms with Gasteiger partial charge in [0.15, 0.2) is 11.6 Å². The normalized spacial score (nSPS) is 12.1. The number of rotatable bonds is 11. The average Bonchev–Trinajstić information content (AvgIpc) is 3.41. The molecule has 1 atom stereocenters. The lowest BCUT2D eigenvalue weighted by Gasteiger charge is -2.20. The Balaban J connectivity index is 1.50. The van der Waals surface area contributed by atoms with Crippen molar-refractivity contribution in [2.75, 3.05) is 18.9 Å². The number of pyridine rings is 1. The summed E-state index contributed by atoms with van der Waals surface area (Å²) >= 11 is 0. The molecule has 0 spiro atoms. The highest BCUT2D eigenvalue weighted by atomic mass is 32.2. The third kappa shape index (κ3) is 6.28. The molecule has 0 saturated heterocycles. The SMILES string of the molecule is CC[C@H](Cc1ncc(-c2nccc(C)n2)cn1)S(=O)(=O)Nc1nnc(-c2cncc(C)c2)n1-c1c(OC)cccc1OC. The Morgan fingerprint density at radius 3 is 2.28 bits per heavy atom. The lowest BCUT2D eigenvalue weighted by molar-refractivity contribution is 0.391. The number of aryl methyl sites for hydroxylation is 2. The standard InChI is InChI=1S/C29H31N9O4S/c1-6-22(13-25-32-16-21(17-33-25)27-31-11-10-19(3)34-27)43(39,40)37-29-36-35-28(20-12-18(2)14-30-15-20)38(29)26-23(41-4)8-7-9-24(26)42-5/h7-12,14-17,22H,6,13H2,1-5H3,(H,36,37)/t22-/m1/s1. The molecule has 0 unspecified atom stereocenters. The Kier molecular flexibility index (Phi) is 8.57. The van der Waals surface area contributed by atoms with Crippen molar-refractivity contribution in [1.82, 2.24) is 39.7 Å². The Hall–Kier alpha value is -4.98. The highest BCUT2D eigenvalue weighted by Crippen LogP contribution is 2.38. The predicted molar refractivity (Wildman–Crippen MR) is 161 cm³/mol. The summed E-state index contributed by atoms with van der Waals surface area (Å²) in [5, 5.41) is 7.73. The van der Waals surface area contributed by atoms with Gasteiger partial charge in [0, 0.05) is 48.7 Å². The van der Waals surface area contributed by atoms with E-state index in [-0.39, 0.29) is 12.4 Å². The second-order valence-corrected chi connectivity index (χ2v) is 11.7. The summed E-state index contributed by atoms with van der Waals surface area (Å²) in [7, 11) is -0.978. The van der Waals surface area contributed by atoms with Gasteiger partial charge >= 0.3 is 0 Å². The topological polar surface area (TPSA) is 160 Å². The predicted octanol–water partition coefficient (Wildman–Crippen LogP) is 3.97. The zero-order valence-electron chi connectivity index (χ0n) is 24.4. The molecule has 0 radical (unpaired) electrons. The van der Waals surface area contributed by atoms with Gasteiger partial charge in [0.25, 0.3) is 0 Å². The van der Waals surface area contributed by atoms with Crippen molar-refractivity contribution in [1.29, 1.82) is 0 Å². The Morgan fingerprint density at radius 2 is 1.65 bits per heavy atom. The van der Waals surface area contributed by atoms with Gasteiger partial charge in [-0.25, -0.2) is 28.4 Å².